The van der Waals surface area contributed by atoms with Crippen molar-refractivity contribution in [2.75, 3.05) is 6.54 Å². The van der Waals surface area contributed by atoms with Gasteiger partial charge in [-0.15, -0.1) is 0 Å². The summed E-state index contributed by atoms with van der Waals surface area (Å²) in [6.45, 7) is 0.638. The Labute approximate surface area is 118 Å². The van der Waals surface area contributed by atoms with Crippen LogP contribution in [0.4, 0.5) is 0 Å². The maximum Gasteiger partial charge on any atom is 0.261 e. The Morgan fingerprint density at radius 3 is 2.65 bits per heavy atom. The summed E-state index contributed by atoms with van der Waals surface area (Å²) in [5.41, 5.74) is 2.33. The maximum atomic E-state index is 12.1. The second-order valence-electron chi connectivity index (χ2n) is 4.94. The normalized spacial score (nSPS) is 16.3. The minimum Gasteiger partial charge on any atom is -0.480 e. The molecule has 0 radical (unpaired) electrons. The molecule has 0 aliphatic carbocycles. The monoisotopic (exact) mass is 267 g/mol. The van der Waals surface area contributed by atoms with Crippen LogP contribution >= 0.6 is 0 Å². The minimum absolute atomic E-state index is 0.0304. The molecule has 0 unspecified atom stereocenters. The van der Waals surface area contributed by atoms with Crippen LogP contribution in [0.25, 0.3) is 0 Å². The average molecular weight is 267 g/mol. The van der Waals surface area contributed by atoms with Crippen LogP contribution in [0.3, 0.4) is 0 Å². The lowest BCUT2D eigenvalue weighted by Gasteiger charge is -2.11. The van der Waals surface area contributed by atoms with Crippen LogP contribution in [0.15, 0.2) is 54.6 Å². The molecule has 1 atom stereocenters. The first-order valence-corrected chi connectivity index (χ1v) is 6.89. The molecule has 2 aromatic carbocycles. The number of benzene rings is 2. The van der Waals surface area contributed by atoms with E-state index in [1.807, 2.05) is 42.5 Å². The molecule has 1 amide bonds. The second kappa shape index (κ2) is 5.78. The largest absolute Gasteiger partial charge is 0.480 e. The first kappa shape index (κ1) is 12.7. The predicted molar refractivity (Wildman–Crippen MR) is 77.7 cm³/mol. The first-order valence-electron chi connectivity index (χ1n) is 6.89. The zero-order valence-corrected chi connectivity index (χ0v) is 11.2. The van der Waals surface area contributed by atoms with Crippen LogP contribution in [-0.4, -0.2) is 18.6 Å². The van der Waals surface area contributed by atoms with E-state index in [9.17, 15) is 4.79 Å². The molecule has 102 valence electrons. The number of fused-ring (bicyclic) bond motifs is 1. The molecule has 0 saturated heterocycles. The highest BCUT2D eigenvalue weighted by Crippen LogP contribution is 2.27. The van der Waals surface area contributed by atoms with Crippen LogP contribution in [0, 0.1) is 0 Å². The van der Waals surface area contributed by atoms with Gasteiger partial charge in [0.25, 0.3) is 5.91 Å². The Hall–Kier alpha value is -2.29. The number of nitrogens with one attached hydrogen (secondary N) is 1. The summed E-state index contributed by atoms with van der Waals surface area (Å²) in [7, 11) is 0. The Bertz CT molecular complexity index is 570. The molecule has 3 nitrogen and oxygen atoms in total. The molecular weight excluding hydrogens is 250 g/mol. The van der Waals surface area contributed by atoms with Crippen LogP contribution < -0.4 is 10.1 Å². The highest BCUT2D eigenvalue weighted by atomic mass is 16.5. The summed E-state index contributed by atoms with van der Waals surface area (Å²) in [5, 5.41) is 2.94. The minimum atomic E-state index is -0.386. The standard InChI is InChI=1S/C17H17NO2/c19-17(18-11-10-13-6-2-1-3-7-13)16-12-14-8-4-5-9-15(14)20-16/h1-9,16H,10-12H2,(H,18,19)/t16-/m1/s1. The summed E-state index contributed by atoms with van der Waals surface area (Å²) < 4.78 is 5.66. The Morgan fingerprint density at radius 1 is 1.10 bits per heavy atom. The van der Waals surface area contributed by atoms with Crippen LogP contribution in [0.2, 0.25) is 0 Å². The number of hydrogen-bond acceptors (Lipinski definition) is 2. The van der Waals surface area contributed by atoms with Gasteiger partial charge in [-0.05, 0) is 23.6 Å². The van der Waals surface area contributed by atoms with E-state index in [1.54, 1.807) is 0 Å². The zero-order valence-electron chi connectivity index (χ0n) is 11.2. The van der Waals surface area contributed by atoms with Gasteiger partial charge >= 0.3 is 0 Å². The number of hydrogen-bond donors (Lipinski definition) is 1. The Balaban J connectivity index is 1.49. The summed E-state index contributed by atoms with van der Waals surface area (Å²) in [6.07, 6.45) is 1.11. The topological polar surface area (TPSA) is 38.3 Å². The average Bonchev–Trinajstić information content (AvgIpc) is 2.92. The van der Waals surface area contributed by atoms with Gasteiger partial charge in [0, 0.05) is 13.0 Å². The molecule has 0 spiro atoms. The van der Waals surface area contributed by atoms with E-state index in [1.165, 1.54) is 5.56 Å². The van der Waals surface area contributed by atoms with Crippen molar-refractivity contribution in [2.45, 2.75) is 18.9 Å². The fourth-order valence-electron chi connectivity index (χ4n) is 2.42. The van der Waals surface area contributed by atoms with Gasteiger partial charge in [-0.3, -0.25) is 4.79 Å². The fourth-order valence-corrected chi connectivity index (χ4v) is 2.42. The third kappa shape index (κ3) is 2.82. The number of ether oxygens (including phenoxy) is 1. The van der Waals surface area contributed by atoms with Crippen molar-refractivity contribution in [3.8, 4) is 5.75 Å². The number of para-hydroxylation sites is 1. The van der Waals surface area contributed by atoms with Gasteiger partial charge < -0.3 is 10.1 Å². The van der Waals surface area contributed by atoms with E-state index in [2.05, 4.69) is 17.4 Å². The Kier molecular flexibility index (Phi) is 3.68. The number of carbonyl (C=O) groups is 1. The predicted octanol–water partition coefficient (Wildman–Crippen LogP) is 2.35. The fraction of sp³-hybridized carbons (Fsp3) is 0.235. The molecule has 0 fully saturated rings. The summed E-state index contributed by atoms with van der Waals surface area (Å²) in [4.78, 5) is 12.1. The highest BCUT2D eigenvalue weighted by Gasteiger charge is 2.28. The molecule has 0 saturated carbocycles. The first-order chi connectivity index (χ1) is 9.83. The van der Waals surface area contributed by atoms with Gasteiger partial charge in [0.15, 0.2) is 6.10 Å². The van der Waals surface area contributed by atoms with Crippen molar-refractivity contribution in [3.05, 3.63) is 65.7 Å². The highest BCUT2D eigenvalue weighted by molar-refractivity contribution is 5.82. The van der Waals surface area contributed by atoms with E-state index in [-0.39, 0.29) is 12.0 Å². The van der Waals surface area contributed by atoms with E-state index in [0.29, 0.717) is 13.0 Å². The maximum absolute atomic E-state index is 12.1. The number of carbonyl (C=O) groups excluding carboxylic acids is 1. The molecule has 2 aromatic rings. The molecule has 0 bridgehead atoms. The van der Waals surface area contributed by atoms with E-state index in [4.69, 9.17) is 4.74 Å². The molecule has 1 N–H and O–H groups in total. The number of amides is 1. The molecular formula is C17H17NO2. The summed E-state index contributed by atoms with van der Waals surface area (Å²) >= 11 is 0. The zero-order chi connectivity index (χ0) is 13.8. The van der Waals surface area contributed by atoms with Crippen LogP contribution in [-0.2, 0) is 17.6 Å². The van der Waals surface area contributed by atoms with Crippen molar-refractivity contribution in [1.29, 1.82) is 0 Å². The van der Waals surface area contributed by atoms with Gasteiger partial charge in [0.2, 0.25) is 0 Å². The van der Waals surface area contributed by atoms with Crippen molar-refractivity contribution in [3.63, 3.8) is 0 Å². The molecule has 3 heteroatoms. The quantitative estimate of drug-likeness (QED) is 0.923. The van der Waals surface area contributed by atoms with Gasteiger partial charge in [0.1, 0.15) is 5.75 Å². The second-order valence-corrected chi connectivity index (χ2v) is 4.94. The lowest BCUT2D eigenvalue weighted by Crippen LogP contribution is -2.38. The smallest absolute Gasteiger partial charge is 0.261 e. The van der Waals surface area contributed by atoms with E-state index in [0.717, 1.165) is 17.7 Å². The van der Waals surface area contributed by atoms with Crippen LogP contribution in [0.1, 0.15) is 11.1 Å². The van der Waals surface area contributed by atoms with Gasteiger partial charge in [-0.2, -0.15) is 0 Å². The van der Waals surface area contributed by atoms with Crippen molar-refractivity contribution >= 4 is 5.91 Å². The molecule has 1 aliphatic heterocycles. The van der Waals surface area contributed by atoms with Crippen molar-refractivity contribution in [1.82, 2.24) is 5.32 Å². The van der Waals surface area contributed by atoms with E-state index >= 15 is 0 Å². The van der Waals surface area contributed by atoms with Crippen molar-refractivity contribution < 1.29 is 9.53 Å². The van der Waals surface area contributed by atoms with Crippen LogP contribution in [0.5, 0.6) is 5.75 Å². The van der Waals surface area contributed by atoms with E-state index < -0.39 is 0 Å². The van der Waals surface area contributed by atoms with Gasteiger partial charge in [0.05, 0.1) is 0 Å². The molecule has 0 aromatic heterocycles. The lowest BCUT2D eigenvalue weighted by molar-refractivity contribution is -0.127. The lowest BCUT2D eigenvalue weighted by atomic mass is 10.1. The Morgan fingerprint density at radius 2 is 1.85 bits per heavy atom. The molecule has 1 heterocycles. The summed E-state index contributed by atoms with van der Waals surface area (Å²) in [6, 6.07) is 17.9. The van der Waals surface area contributed by atoms with Gasteiger partial charge in [-0.1, -0.05) is 48.5 Å². The molecule has 3 rings (SSSR count). The molecule has 20 heavy (non-hydrogen) atoms. The SMILES string of the molecule is O=C(NCCc1ccccc1)[C@H]1Cc2ccccc2O1. The third-order valence-corrected chi connectivity index (χ3v) is 3.50. The van der Waals surface area contributed by atoms with Crippen molar-refractivity contribution in [2.24, 2.45) is 0 Å². The third-order valence-electron chi connectivity index (χ3n) is 3.50. The van der Waals surface area contributed by atoms with Gasteiger partial charge in [-0.25, -0.2) is 0 Å². The summed E-state index contributed by atoms with van der Waals surface area (Å²) in [5.74, 6) is 0.799. The molecule has 1 aliphatic rings. The number of rotatable bonds is 4.